The lowest BCUT2D eigenvalue weighted by Crippen LogP contribution is -2.17. The molecule has 0 amide bonds. The van der Waals surface area contributed by atoms with Crippen molar-refractivity contribution in [2.45, 2.75) is 32.9 Å². The maximum atomic E-state index is 13.2. The first-order chi connectivity index (χ1) is 11.8. The summed E-state index contributed by atoms with van der Waals surface area (Å²) in [5, 5.41) is 0. The largest absolute Gasteiger partial charge is 0.493 e. The molecule has 0 bridgehead atoms. The van der Waals surface area contributed by atoms with E-state index in [-0.39, 0.29) is 22.6 Å². The van der Waals surface area contributed by atoms with E-state index in [0.29, 0.717) is 6.61 Å². The summed E-state index contributed by atoms with van der Waals surface area (Å²) in [6, 6.07) is 10.3. The van der Waals surface area contributed by atoms with E-state index in [1.165, 1.54) is 13.0 Å². The summed E-state index contributed by atoms with van der Waals surface area (Å²) in [6.07, 6.45) is -2.97. The summed E-state index contributed by atoms with van der Waals surface area (Å²) in [5.74, 6) is -0.523. The Hall–Kier alpha value is -2.50. The van der Waals surface area contributed by atoms with Crippen molar-refractivity contribution in [2.24, 2.45) is 0 Å². The molecule has 0 unspecified atom stereocenters. The van der Waals surface area contributed by atoms with Crippen LogP contribution < -0.4 is 9.47 Å². The van der Waals surface area contributed by atoms with Gasteiger partial charge < -0.3 is 9.47 Å². The SMILES string of the molecule is CCCCOc1ccc(C(F)(F)F)c(C)c1C(=O)Oc1ccccc1. The molecule has 0 saturated carbocycles. The maximum Gasteiger partial charge on any atom is 0.416 e. The van der Waals surface area contributed by atoms with Crippen LogP contribution >= 0.6 is 0 Å². The molecule has 0 heterocycles. The van der Waals surface area contributed by atoms with Gasteiger partial charge in [-0.3, -0.25) is 0 Å². The van der Waals surface area contributed by atoms with Gasteiger partial charge in [-0.1, -0.05) is 31.5 Å². The zero-order chi connectivity index (χ0) is 18.4. The minimum absolute atomic E-state index is 0.0971. The number of esters is 1. The molecule has 6 heteroatoms. The zero-order valence-electron chi connectivity index (χ0n) is 14.0. The predicted octanol–water partition coefficient (Wildman–Crippen LogP) is 5.41. The second kappa shape index (κ2) is 8.05. The Labute approximate surface area is 144 Å². The number of hydrogen-bond donors (Lipinski definition) is 0. The smallest absolute Gasteiger partial charge is 0.416 e. The number of rotatable bonds is 6. The summed E-state index contributed by atoms with van der Waals surface area (Å²) in [4.78, 5) is 12.5. The molecule has 2 aromatic rings. The normalized spacial score (nSPS) is 11.2. The van der Waals surface area contributed by atoms with Crippen LogP contribution in [0.1, 0.15) is 41.3 Å². The van der Waals surface area contributed by atoms with Gasteiger partial charge >= 0.3 is 12.1 Å². The fourth-order valence-electron chi connectivity index (χ4n) is 2.34. The lowest BCUT2D eigenvalue weighted by atomic mass is 10.0. The minimum atomic E-state index is -4.56. The molecule has 0 aromatic heterocycles. The summed E-state index contributed by atoms with van der Waals surface area (Å²) < 4.78 is 50.2. The van der Waals surface area contributed by atoms with Crippen LogP contribution in [0.5, 0.6) is 11.5 Å². The Morgan fingerprint density at radius 2 is 1.76 bits per heavy atom. The van der Waals surface area contributed by atoms with Crippen LogP contribution in [0.25, 0.3) is 0 Å². The molecule has 0 aliphatic carbocycles. The molecule has 3 nitrogen and oxygen atoms in total. The van der Waals surface area contributed by atoms with Gasteiger partial charge in [0.1, 0.15) is 17.1 Å². The van der Waals surface area contributed by atoms with Crippen molar-refractivity contribution >= 4 is 5.97 Å². The highest BCUT2D eigenvalue weighted by atomic mass is 19.4. The van der Waals surface area contributed by atoms with Crippen LogP contribution in [0.4, 0.5) is 13.2 Å². The number of halogens is 3. The van der Waals surface area contributed by atoms with Gasteiger partial charge in [0.05, 0.1) is 12.2 Å². The van der Waals surface area contributed by atoms with E-state index in [2.05, 4.69) is 0 Å². The molecule has 0 N–H and O–H groups in total. The van der Waals surface area contributed by atoms with Crippen LogP contribution in [0.15, 0.2) is 42.5 Å². The number of ether oxygens (including phenoxy) is 2. The van der Waals surface area contributed by atoms with Gasteiger partial charge in [-0.2, -0.15) is 13.2 Å². The number of para-hydroxylation sites is 1. The molecule has 0 radical (unpaired) electrons. The zero-order valence-corrected chi connectivity index (χ0v) is 14.0. The monoisotopic (exact) mass is 352 g/mol. The van der Waals surface area contributed by atoms with Crippen molar-refractivity contribution in [3.63, 3.8) is 0 Å². The van der Waals surface area contributed by atoms with E-state index in [1.54, 1.807) is 30.3 Å². The lowest BCUT2D eigenvalue weighted by molar-refractivity contribution is -0.138. The topological polar surface area (TPSA) is 35.5 Å². The fourth-order valence-corrected chi connectivity index (χ4v) is 2.34. The fraction of sp³-hybridized carbons (Fsp3) is 0.316. The first-order valence-electron chi connectivity index (χ1n) is 7.95. The van der Waals surface area contributed by atoms with Gasteiger partial charge in [-0.15, -0.1) is 0 Å². The van der Waals surface area contributed by atoms with E-state index in [9.17, 15) is 18.0 Å². The predicted molar refractivity (Wildman–Crippen MR) is 88.0 cm³/mol. The highest BCUT2D eigenvalue weighted by Gasteiger charge is 2.35. The Kier molecular flexibility index (Phi) is 6.07. The molecule has 0 fully saturated rings. The molecular weight excluding hydrogens is 333 g/mol. The van der Waals surface area contributed by atoms with E-state index < -0.39 is 17.7 Å². The molecule has 2 rings (SSSR count). The molecule has 0 spiro atoms. The van der Waals surface area contributed by atoms with Crippen LogP contribution in [0.3, 0.4) is 0 Å². The summed E-state index contributed by atoms with van der Waals surface area (Å²) in [5.41, 5.74) is -1.28. The number of unbranched alkanes of at least 4 members (excludes halogenated alkanes) is 1. The van der Waals surface area contributed by atoms with Crippen molar-refractivity contribution in [1.82, 2.24) is 0 Å². The number of alkyl halides is 3. The lowest BCUT2D eigenvalue weighted by Gasteiger charge is -2.17. The third-order valence-electron chi connectivity index (χ3n) is 3.65. The van der Waals surface area contributed by atoms with Crippen molar-refractivity contribution in [3.05, 3.63) is 59.2 Å². The van der Waals surface area contributed by atoms with Gasteiger partial charge in [0, 0.05) is 0 Å². The minimum Gasteiger partial charge on any atom is -0.493 e. The number of carbonyl (C=O) groups is 1. The molecule has 0 saturated heterocycles. The molecule has 0 aliphatic heterocycles. The van der Waals surface area contributed by atoms with Gasteiger partial charge in [0.2, 0.25) is 0 Å². The van der Waals surface area contributed by atoms with Crippen molar-refractivity contribution in [2.75, 3.05) is 6.61 Å². The highest BCUT2D eigenvalue weighted by Crippen LogP contribution is 2.36. The second-order valence-corrected chi connectivity index (χ2v) is 5.51. The third-order valence-corrected chi connectivity index (χ3v) is 3.65. The van der Waals surface area contributed by atoms with Crippen molar-refractivity contribution < 1.29 is 27.4 Å². The second-order valence-electron chi connectivity index (χ2n) is 5.51. The molecule has 0 atom stereocenters. The Morgan fingerprint density at radius 3 is 2.36 bits per heavy atom. The van der Waals surface area contributed by atoms with Crippen LogP contribution in [-0.4, -0.2) is 12.6 Å². The van der Waals surface area contributed by atoms with E-state index >= 15 is 0 Å². The molecule has 2 aromatic carbocycles. The first kappa shape index (κ1) is 18.8. The van der Waals surface area contributed by atoms with Crippen LogP contribution in [0.2, 0.25) is 0 Å². The van der Waals surface area contributed by atoms with Gasteiger partial charge in [0.15, 0.2) is 0 Å². The standard InChI is InChI=1S/C19H19F3O3/c1-3-4-12-24-16-11-10-15(19(20,21)22)13(2)17(16)18(23)25-14-8-6-5-7-9-14/h5-11H,3-4,12H2,1-2H3. The summed E-state index contributed by atoms with van der Waals surface area (Å²) in [7, 11) is 0. The summed E-state index contributed by atoms with van der Waals surface area (Å²) >= 11 is 0. The van der Waals surface area contributed by atoms with Crippen LogP contribution in [0, 0.1) is 6.92 Å². The Bertz CT molecular complexity index is 725. The first-order valence-corrected chi connectivity index (χ1v) is 7.95. The third kappa shape index (κ3) is 4.75. The number of hydrogen-bond acceptors (Lipinski definition) is 3. The van der Waals surface area contributed by atoms with Gasteiger partial charge in [-0.25, -0.2) is 4.79 Å². The highest BCUT2D eigenvalue weighted by molar-refractivity contribution is 5.96. The number of benzene rings is 2. The van der Waals surface area contributed by atoms with Crippen LogP contribution in [-0.2, 0) is 6.18 Å². The summed E-state index contributed by atoms with van der Waals surface area (Å²) in [6.45, 7) is 3.52. The number of carbonyl (C=O) groups excluding carboxylic acids is 1. The Balaban J connectivity index is 2.41. The molecule has 0 aliphatic rings. The molecular formula is C19H19F3O3. The van der Waals surface area contributed by atoms with Gasteiger partial charge in [0.25, 0.3) is 0 Å². The molecule has 134 valence electrons. The average Bonchev–Trinajstić information content (AvgIpc) is 2.54. The van der Waals surface area contributed by atoms with E-state index in [4.69, 9.17) is 9.47 Å². The maximum absolute atomic E-state index is 13.2. The molecule has 25 heavy (non-hydrogen) atoms. The van der Waals surface area contributed by atoms with Crippen molar-refractivity contribution in [3.8, 4) is 11.5 Å². The van der Waals surface area contributed by atoms with Crippen molar-refractivity contribution in [1.29, 1.82) is 0 Å². The quantitative estimate of drug-likeness (QED) is 0.396. The van der Waals surface area contributed by atoms with E-state index in [0.717, 1.165) is 18.9 Å². The Morgan fingerprint density at radius 1 is 1.08 bits per heavy atom. The van der Waals surface area contributed by atoms with Gasteiger partial charge in [-0.05, 0) is 43.2 Å². The van der Waals surface area contributed by atoms with E-state index in [1.807, 2.05) is 6.92 Å². The average molecular weight is 352 g/mol.